The fourth-order valence-electron chi connectivity index (χ4n) is 2.56. The van der Waals surface area contributed by atoms with Gasteiger partial charge in [-0.2, -0.15) is 5.10 Å². The second kappa shape index (κ2) is 7.77. The molecular weight excluding hydrogens is 278 g/mol. The Kier molecular flexibility index (Phi) is 6.60. The summed E-state index contributed by atoms with van der Waals surface area (Å²) in [6, 6.07) is 2.04. The van der Waals surface area contributed by atoms with Crippen molar-refractivity contribution < 1.29 is 9.90 Å². The van der Waals surface area contributed by atoms with Crippen LogP contribution in [0.1, 0.15) is 76.1 Å². The first-order valence-electron chi connectivity index (χ1n) is 8.33. The lowest BCUT2D eigenvalue weighted by molar-refractivity contribution is 0.00580. The smallest absolute Gasteiger partial charge is 0.269 e. The van der Waals surface area contributed by atoms with Crippen LogP contribution < -0.4 is 5.32 Å². The van der Waals surface area contributed by atoms with Crippen LogP contribution >= 0.6 is 0 Å². The molecule has 0 saturated heterocycles. The van der Waals surface area contributed by atoms with E-state index in [-0.39, 0.29) is 24.4 Å². The van der Waals surface area contributed by atoms with Crippen molar-refractivity contribution in [1.82, 2.24) is 15.1 Å². The highest BCUT2D eigenvalue weighted by Crippen LogP contribution is 2.20. The average Bonchev–Trinajstić information content (AvgIpc) is 2.87. The lowest BCUT2D eigenvalue weighted by Crippen LogP contribution is -2.45. The molecule has 2 N–H and O–H groups in total. The molecule has 0 fully saturated rings. The zero-order valence-corrected chi connectivity index (χ0v) is 14.8. The standard InChI is InChI=1S/C17H31N3O2/c1-7-12(4)17(6,22)11-18-16(21)15-10-13(5)19-20(15)14(8-2)9-3/h10,12,14,22H,7-9,11H2,1-6H3,(H,18,21). The molecule has 0 spiro atoms. The first-order valence-corrected chi connectivity index (χ1v) is 8.33. The predicted octanol–water partition coefficient (Wildman–Crippen LogP) is 3.08. The molecule has 2 atom stereocenters. The van der Waals surface area contributed by atoms with Crippen LogP contribution in [0.25, 0.3) is 0 Å². The molecule has 1 amide bonds. The highest BCUT2D eigenvalue weighted by molar-refractivity contribution is 5.92. The molecule has 1 heterocycles. The SMILES string of the molecule is CCC(CC)n1nc(C)cc1C(=O)NCC(C)(O)C(C)CC. The van der Waals surface area contributed by atoms with E-state index in [0.29, 0.717) is 5.69 Å². The van der Waals surface area contributed by atoms with Crippen molar-refractivity contribution in [2.75, 3.05) is 6.54 Å². The summed E-state index contributed by atoms with van der Waals surface area (Å²) in [4.78, 5) is 12.5. The molecule has 5 heteroatoms. The summed E-state index contributed by atoms with van der Waals surface area (Å²) in [5.74, 6) is -0.0467. The van der Waals surface area contributed by atoms with Gasteiger partial charge >= 0.3 is 0 Å². The van der Waals surface area contributed by atoms with Crippen molar-refractivity contribution in [3.8, 4) is 0 Å². The summed E-state index contributed by atoms with van der Waals surface area (Å²) in [7, 11) is 0. The second-order valence-corrected chi connectivity index (χ2v) is 6.43. The number of carbonyl (C=O) groups is 1. The van der Waals surface area contributed by atoms with Crippen LogP contribution in [0.4, 0.5) is 0 Å². The van der Waals surface area contributed by atoms with Gasteiger partial charge in [-0.15, -0.1) is 0 Å². The van der Waals surface area contributed by atoms with Gasteiger partial charge in [-0.1, -0.05) is 34.1 Å². The van der Waals surface area contributed by atoms with Crippen LogP contribution in [0.2, 0.25) is 0 Å². The van der Waals surface area contributed by atoms with Crippen molar-refractivity contribution in [2.24, 2.45) is 5.92 Å². The van der Waals surface area contributed by atoms with Crippen molar-refractivity contribution in [2.45, 2.75) is 72.4 Å². The van der Waals surface area contributed by atoms with Gasteiger partial charge in [0.2, 0.25) is 0 Å². The number of aryl methyl sites for hydroxylation is 1. The molecule has 1 rings (SSSR count). The summed E-state index contributed by atoms with van der Waals surface area (Å²) in [6.45, 7) is 12.1. The van der Waals surface area contributed by atoms with Crippen LogP contribution in [0, 0.1) is 12.8 Å². The molecule has 0 bridgehead atoms. The van der Waals surface area contributed by atoms with Crippen LogP contribution in [-0.4, -0.2) is 32.9 Å². The highest BCUT2D eigenvalue weighted by Gasteiger charge is 2.28. The van der Waals surface area contributed by atoms with E-state index in [9.17, 15) is 9.90 Å². The zero-order valence-electron chi connectivity index (χ0n) is 14.8. The average molecular weight is 309 g/mol. The van der Waals surface area contributed by atoms with E-state index in [1.54, 1.807) is 6.92 Å². The largest absolute Gasteiger partial charge is 0.388 e. The van der Waals surface area contributed by atoms with Gasteiger partial charge in [-0.3, -0.25) is 9.48 Å². The fraction of sp³-hybridized carbons (Fsp3) is 0.765. The van der Waals surface area contributed by atoms with E-state index in [1.807, 2.05) is 31.5 Å². The third-order valence-electron chi connectivity index (χ3n) is 4.66. The van der Waals surface area contributed by atoms with Gasteiger partial charge in [0, 0.05) is 6.54 Å². The minimum atomic E-state index is -0.904. The number of hydrogen-bond donors (Lipinski definition) is 2. The van der Waals surface area contributed by atoms with Crippen molar-refractivity contribution in [1.29, 1.82) is 0 Å². The highest BCUT2D eigenvalue weighted by atomic mass is 16.3. The fourth-order valence-corrected chi connectivity index (χ4v) is 2.56. The van der Waals surface area contributed by atoms with Gasteiger partial charge in [0.05, 0.1) is 17.3 Å². The predicted molar refractivity (Wildman–Crippen MR) is 89.0 cm³/mol. The van der Waals surface area contributed by atoms with Crippen molar-refractivity contribution in [3.05, 3.63) is 17.5 Å². The Balaban J connectivity index is 2.86. The number of nitrogens with zero attached hydrogens (tertiary/aromatic N) is 2. The maximum atomic E-state index is 12.5. The second-order valence-electron chi connectivity index (χ2n) is 6.43. The van der Waals surface area contributed by atoms with Crippen LogP contribution in [0.5, 0.6) is 0 Å². The molecular formula is C17H31N3O2. The normalized spacial score (nSPS) is 15.6. The molecule has 0 aromatic carbocycles. The molecule has 1 aromatic rings. The maximum absolute atomic E-state index is 12.5. The maximum Gasteiger partial charge on any atom is 0.269 e. The molecule has 22 heavy (non-hydrogen) atoms. The monoisotopic (exact) mass is 309 g/mol. The number of rotatable bonds is 8. The number of amides is 1. The van der Waals surface area contributed by atoms with E-state index < -0.39 is 5.60 Å². The Labute approximate surface area is 134 Å². The quantitative estimate of drug-likeness (QED) is 0.775. The third-order valence-corrected chi connectivity index (χ3v) is 4.66. The summed E-state index contributed by atoms with van der Waals surface area (Å²) < 4.78 is 1.82. The van der Waals surface area contributed by atoms with Crippen LogP contribution in [0.15, 0.2) is 6.07 Å². The molecule has 126 valence electrons. The summed E-state index contributed by atoms with van der Waals surface area (Å²) in [6.07, 6.45) is 2.73. The molecule has 2 unspecified atom stereocenters. The minimum Gasteiger partial charge on any atom is -0.388 e. The van der Waals surface area contributed by atoms with E-state index in [1.165, 1.54) is 0 Å². The Morgan fingerprint density at radius 1 is 1.36 bits per heavy atom. The van der Waals surface area contributed by atoms with Gasteiger partial charge < -0.3 is 10.4 Å². The third kappa shape index (κ3) is 4.32. The van der Waals surface area contributed by atoms with E-state index in [0.717, 1.165) is 25.0 Å². The van der Waals surface area contributed by atoms with Gasteiger partial charge in [0.25, 0.3) is 5.91 Å². The molecule has 0 radical (unpaired) electrons. The molecule has 0 aliphatic carbocycles. The Morgan fingerprint density at radius 2 is 1.95 bits per heavy atom. The molecule has 0 aliphatic heterocycles. The first-order chi connectivity index (χ1) is 10.3. The Hall–Kier alpha value is -1.36. The van der Waals surface area contributed by atoms with Crippen LogP contribution in [-0.2, 0) is 0 Å². The number of nitrogens with one attached hydrogen (secondary N) is 1. The number of carbonyl (C=O) groups excluding carboxylic acids is 1. The van der Waals surface area contributed by atoms with Crippen molar-refractivity contribution >= 4 is 5.91 Å². The van der Waals surface area contributed by atoms with Gasteiger partial charge in [0.15, 0.2) is 0 Å². The summed E-state index contributed by atoms with van der Waals surface area (Å²) in [5, 5.41) is 17.7. The summed E-state index contributed by atoms with van der Waals surface area (Å²) in [5.41, 5.74) is 0.510. The molecule has 0 saturated carbocycles. The number of aromatic nitrogens is 2. The van der Waals surface area contributed by atoms with E-state index in [4.69, 9.17) is 0 Å². The van der Waals surface area contributed by atoms with E-state index in [2.05, 4.69) is 24.3 Å². The van der Waals surface area contributed by atoms with Gasteiger partial charge in [-0.05, 0) is 38.7 Å². The van der Waals surface area contributed by atoms with Gasteiger partial charge in [-0.25, -0.2) is 0 Å². The van der Waals surface area contributed by atoms with Gasteiger partial charge in [0.1, 0.15) is 5.69 Å². The Morgan fingerprint density at radius 3 is 2.45 bits per heavy atom. The molecule has 0 aliphatic rings. The topological polar surface area (TPSA) is 67.2 Å². The number of aliphatic hydroxyl groups is 1. The Bertz CT molecular complexity index is 490. The molecule has 1 aromatic heterocycles. The first kappa shape index (κ1) is 18.7. The lowest BCUT2D eigenvalue weighted by Gasteiger charge is -2.29. The minimum absolute atomic E-state index is 0.124. The lowest BCUT2D eigenvalue weighted by atomic mass is 9.88. The van der Waals surface area contributed by atoms with Crippen molar-refractivity contribution in [3.63, 3.8) is 0 Å². The molecule has 5 nitrogen and oxygen atoms in total. The zero-order chi connectivity index (χ0) is 16.9. The van der Waals surface area contributed by atoms with E-state index >= 15 is 0 Å². The van der Waals surface area contributed by atoms with Crippen LogP contribution in [0.3, 0.4) is 0 Å². The number of hydrogen-bond acceptors (Lipinski definition) is 3. The summed E-state index contributed by atoms with van der Waals surface area (Å²) >= 11 is 0.